The van der Waals surface area contributed by atoms with Gasteiger partial charge in [0.1, 0.15) is 11.2 Å². The summed E-state index contributed by atoms with van der Waals surface area (Å²) in [5.41, 5.74) is 12.6. The standard InChI is InChI=1S/C44H30O/c1-4-16-31(17-5-1)44(32-18-6-2-7-19-32,33-20-8-3-9-21-33)40-29-30(28-39-36-24-14-15-27-41(36)45-43(39)40)42-37-25-12-10-22-34(37)35-23-11-13-26-38(35)42/h1-29,42H. The predicted octanol–water partition coefficient (Wildman–Crippen LogP) is 11.1. The molecule has 0 fully saturated rings. The summed E-state index contributed by atoms with van der Waals surface area (Å²) in [7, 11) is 0. The van der Waals surface area contributed by atoms with Gasteiger partial charge in [-0.2, -0.15) is 0 Å². The lowest BCUT2D eigenvalue weighted by atomic mass is 9.64. The number of fused-ring (bicyclic) bond motifs is 6. The molecule has 0 bridgehead atoms. The topological polar surface area (TPSA) is 13.1 Å². The van der Waals surface area contributed by atoms with Crippen molar-refractivity contribution >= 4 is 21.9 Å². The molecule has 0 saturated heterocycles. The van der Waals surface area contributed by atoms with E-state index in [0.29, 0.717) is 0 Å². The molecule has 0 spiro atoms. The minimum absolute atomic E-state index is 0.106. The van der Waals surface area contributed by atoms with Crippen molar-refractivity contribution in [2.24, 2.45) is 0 Å². The van der Waals surface area contributed by atoms with Crippen LogP contribution in [0.1, 0.15) is 44.9 Å². The third-order valence-electron chi connectivity index (χ3n) is 9.69. The average Bonchev–Trinajstić information content (AvgIpc) is 3.66. The van der Waals surface area contributed by atoms with E-state index in [2.05, 4.69) is 176 Å². The van der Waals surface area contributed by atoms with E-state index in [9.17, 15) is 0 Å². The summed E-state index contributed by atoms with van der Waals surface area (Å²) in [5.74, 6) is 0.106. The summed E-state index contributed by atoms with van der Waals surface area (Å²) in [4.78, 5) is 0. The number of para-hydroxylation sites is 1. The molecule has 1 nitrogen and oxygen atoms in total. The van der Waals surface area contributed by atoms with Gasteiger partial charge in [0.25, 0.3) is 0 Å². The molecule has 1 aromatic heterocycles. The average molecular weight is 575 g/mol. The van der Waals surface area contributed by atoms with Gasteiger partial charge in [-0.3, -0.25) is 0 Å². The second-order valence-electron chi connectivity index (χ2n) is 12.0. The van der Waals surface area contributed by atoms with Gasteiger partial charge in [-0.25, -0.2) is 0 Å². The minimum Gasteiger partial charge on any atom is -0.456 e. The van der Waals surface area contributed by atoms with Gasteiger partial charge in [-0.1, -0.05) is 158 Å². The van der Waals surface area contributed by atoms with Crippen LogP contribution < -0.4 is 0 Å². The van der Waals surface area contributed by atoms with Crippen molar-refractivity contribution < 1.29 is 4.42 Å². The van der Waals surface area contributed by atoms with Gasteiger partial charge in [0.2, 0.25) is 0 Å². The van der Waals surface area contributed by atoms with Crippen molar-refractivity contribution in [3.63, 3.8) is 0 Å². The molecule has 212 valence electrons. The third-order valence-corrected chi connectivity index (χ3v) is 9.69. The van der Waals surface area contributed by atoms with Gasteiger partial charge in [0.05, 0.1) is 5.41 Å². The molecular weight excluding hydrogens is 544 g/mol. The maximum atomic E-state index is 6.91. The molecule has 1 heteroatoms. The van der Waals surface area contributed by atoms with Crippen LogP contribution in [0.25, 0.3) is 33.1 Å². The summed E-state index contributed by atoms with van der Waals surface area (Å²) >= 11 is 0. The van der Waals surface area contributed by atoms with Crippen LogP contribution >= 0.6 is 0 Å². The fourth-order valence-corrected chi connectivity index (χ4v) is 7.84. The fourth-order valence-electron chi connectivity index (χ4n) is 7.84. The predicted molar refractivity (Wildman–Crippen MR) is 185 cm³/mol. The maximum Gasteiger partial charge on any atom is 0.140 e. The lowest BCUT2D eigenvalue weighted by Gasteiger charge is -2.37. The Balaban J connectivity index is 1.47. The van der Waals surface area contributed by atoms with E-state index in [1.54, 1.807) is 0 Å². The first-order valence-electron chi connectivity index (χ1n) is 15.6. The second-order valence-corrected chi connectivity index (χ2v) is 12.0. The summed E-state index contributed by atoms with van der Waals surface area (Å²) in [5, 5.41) is 2.28. The summed E-state index contributed by atoms with van der Waals surface area (Å²) in [6.45, 7) is 0. The molecule has 7 aromatic carbocycles. The van der Waals surface area contributed by atoms with E-state index >= 15 is 0 Å². The zero-order valence-corrected chi connectivity index (χ0v) is 24.7. The molecule has 0 amide bonds. The van der Waals surface area contributed by atoms with Gasteiger partial charge >= 0.3 is 0 Å². The van der Waals surface area contributed by atoms with Crippen molar-refractivity contribution in [1.82, 2.24) is 0 Å². The summed E-state index contributed by atoms with van der Waals surface area (Å²) < 4.78 is 6.91. The van der Waals surface area contributed by atoms with Gasteiger partial charge < -0.3 is 4.42 Å². The molecule has 0 saturated carbocycles. The van der Waals surface area contributed by atoms with Crippen LogP contribution in [-0.4, -0.2) is 0 Å². The van der Waals surface area contributed by atoms with Crippen LogP contribution in [0.5, 0.6) is 0 Å². The van der Waals surface area contributed by atoms with E-state index in [1.165, 1.54) is 44.5 Å². The first-order valence-corrected chi connectivity index (χ1v) is 15.6. The molecule has 45 heavy (non-hydrogen) atoms. The van der Waals surface area contributed by atoms with E-state index in [4.69, 9.17) is 4.42 Å². The van der Waals surface area contributed by atoms with Gasteiger partial charge in [-0.15, -0.1) is 0 Å². The van der Waals surface area contributed by atoms with Crippen molar-refractivity contribution in [2.45, 2.75) is 11.3 Å². The lowest BCUT2D eigenvalue weighted by molar-refractivity contribution is 0.644. The van der Waals surface area contributed by atoms with E-state index < -0.39 is 5.41 Å². The monoisotopic (exact) mass is 574 g/mol. The van der Waals surface area contributed by atoms with Crippen LogP contribution in [0, 0.1) is 0 Å². The van der Waals surface area contributed by atoms with Crippen LogP contribution in [0.2, 0.25) is 0 Å². The Morgan fingerprint density at radius 3 is 1.44 bits per heavy atom. The van der Waals surface area contributed by atoms with Crippen LogP contribution in [0.3, 0.4) is 0 Å². The van der Waals surface area contributed by atoms with Gasteiger partial charge in [0, 0.05) is 22.3 Å². The van der Waals surface area contributed by atoms with Crippen molar-refractivity contribution in [2.75, 3.05) is 0 Å². The number of benzene rings is 7. The molecule has 0 radical (unpaired) electrons. The fraction of sp³-hybridized carbons (Fsp3) is 0.0455. The van der Waals surface area contributed by atoms with Crippen LogP contribution in [0.4, 0.5) is 0 Å². The first kappa shape index (κ1) is 25.8. The van der Waals surface area contributed by atoms with Gasteiger partial charge in [0.15, 0.2) is 0 Å². The molecule has 1 heterocycles. The smallest absolute Gasteiger partial charge is 0.140 e. The Bertz CT molecular complexity index is 2170. The molecule has 8 aromatic rings. The number of rotatable bonds is 5. The second kappa shape index (κ2) is 10.2. The molecular formula is C44H30O. The highest BCUT2D eigenvalue weighted by Gasteiger charge is 2.42. The Kier molecular flexibility index (Phi) is 5.86. The highest BCUT2D eigenvalue weighted by atomic mass is 16.3. The van der Waals surface area contributed by atoms with Crippen molar-refractivity contribution in [3.8, 4) is 11.1 Å². The number of hydrogen-bond donors (Lipinski definition) is 0. The van der Waals surface area contributed by atoms with E-state index in [0.717, 1.165) is 27.5 Å². The van der Waals surface area contributed by atoms with Crippen molar-refractivity contribution in [3.05, 3.63) is 215 Å². The van der Waals surface area contributed by atoms with Gasteiger partial charge in [-0.05, 0) is 62.7 Å². The normalized spacial score (nSPS) is 12.8. The Morgan fingerprint density at radius 2 is 0.889 bits per heavy atom. The molecule has 0 aliphatic heterocycles. The third kappa shape index (κ3) is 3.81. The van der Waals surface area contributed by atoms with Crippen LogP contribution in [-0.2, 0) is 5.41 Å². The Labute approximate surface area is 263 Å². The summed E-state index contributed by atoms with van der Waals surface area (Å²) in [6, 6.07) is 63.9. The number of furan rings is 1. The highest BCUT2D eigenvalue weighted by molar-refractivity contribution is 6.07. The quantitative estimate of drug-likeness (QED) is 0.186. The molecule has 9 rings (SSSR count). The maximum absolute atomic E-state index is 6.91. The molecule has 1 aliphatic carbocycles. The van der Waals surface area contributed by atoms with Crippen molar-refractivity contribution in [1.29, 1.82) is 0 Å². The minimum atomic E-state index is -0.635. The highest BCUT2D eigenvalue weighted by Crippen LogP contribution is 2.53. The Morgan fingerprint density at radius 1 is 0.422 bits per heavy atom. The zero-order chi connectivity index (χ0) is 29.8. The SMILES string of the molecule is c1ccc(C(c2ccccc2)(c2ccccc2)c2cc(C3c4ccccc4-c4ccccc43)cc3c2oc2ccccc23)cc1. The van der Waals surface area contributed by atoms with E-state index in [1.807, 2.05) is 0 Å². The zero-order valence-electron chi connectivity index (χ0n) is 24.7. The lowest BCUT2D eigenvalue weighted by Crippen LogP contribution is -2.31. The molecule has 0 unspecified atom stereocenters. The molecule has 0 N–H and O–H groups in total. The molecule has 0 atom stereocenters. The largest absolute Gasteiger partial charge is 0.456 e. The first-order chi connectivity index (χ1) is 22.3. The summed E-state index contributed by atoms with van der Waals surface area (Å²) in [6.07, 6.45) is 0. The molecule has 1 aliphatic rings. The van der Waals surface area contributed by atoms with E-state index in [-0.39, 0.29) is 5.92 Å². The Hall–Kier alpha value is -5.66. The van der Waals surface area contributed by atoms with Crippen LogP contribution in [0.15, 0.2) is 180 Å². The number of hydrogen-bond acceptors (Lipinski definition) is 1.